The van der Waals surface area contributed by atoms with Crippen molar-refractivity contribution in [3.05, 3.63) is 194 Å². The molecule has 0 saturated heterocycles. The van der Waals surface area contributed by atoms with Crippen molar-refractivity contribution in [2.24, 2.45) is 0 Å². The van der Waals surface area contributed by atoms with Crippen LogP contribution in [-0.2, 0) is 28.6 Å². The Morgan fingerprint density at radius 1 is 0.259 bits per heavy atom. The largest absolute Gasteiger partial charge is 0.462 e. The molecule has 0 aliphatic rings. The lowest BCUT2D eigenvalue weighted by Crippen LogP contribution is -2.30. The van der Waals surface area contributed by atoms with Gasteiger partial charge in [-0.3, -0.25) is 14.4 Å². The highest BCUT2D eigenvalue weighted by molar-refractivity contribution is 5.71. The van der Waals surface area contributed by atoms with Crippen molar-refractivity contribution < 1.29 is 28.6 Å². The first kappa shape index (κ1) is 75.2. The molecule has 0 amide bonds. The van der Waals surface area contributed by atoms with E-state index in [-0.39, 0.29) is 44.0 Å². The van der Waals surface area contributed by atoms with E-state index in [4.69, 9.17) is 14.2 Å². The minimum Gasteiger partial charge on any atom is -0.462 e. The van der Waals surface area contributed by atoms with E-state index >= 15 is 0 Å². The number of rotatable bonds is 55. The van der Waals surface area contributed by atoms with Gasteiger partial charge in [0.2, 0.25) is 0 Å². The van der Waals surface area contributed by atoms with Crippen molar-refractivity contribution in [1.82, 2.24) is 0 Å². The van der Waals surface area contributed by atoms with Gasteiger partial charge in [0.25, 0.3) is 0 Å². The molecule has 81 heavy (non-hydrogen) atoms. The fourth-order valence-electron chi connectivity index (χ4n) is 7.89. The molecule has 450 valence electrons. The summed E-state index contributed by atoms with van der Waals surface area (Å²) in [6.07, 6.45) is 102. The Morgan fingerprint density at radius 3 is 0.802 bits per heavy atom. The average Bonchev–Trinajstić information content (AvgIpc) is 3.47. The van der Waals surface area contributed by atoms with E-state index in [1.807, 2.05) is 0 Å². The van der Waals surface area contributed by atoms with E-state index in [2.05, 4.69) is 215 Å². The van der Waals surface area contributed by atoms with E-state index in [0.29, 0.717) is 12.8 Å². The average molecular weight is 1110 g/mol. The maximum absolute atomic E-state index is 12.9. The van der Waals surface area contributed by atoms with E-state index in [1.54, 1.807) is 0 Å². The summed E-state index contributed by atoms with van der Waals surface area (Å²) in [7, 11) is 0. The Hall–Kier alpha value is -5.75. The number of esters is 3. The maximum atomic E-state index is 12.9. The van der Waals surface area contributed by atoms with Crippen LogP contribution in [0.25, 0.3) is 0 Å². The SMILES string of the molecule is CC/C=C\C/C=C\C/C=C\C/C=C\C/C=C\C/C=C\C/C=C\C/C=C\C/C=C\CCCC(=O)OCC(COC(=O)CCCCCCCCC)OC(=O)CCCCCCC/C=C\C/C=C\C/C=C\C/C=C\C/C=C\C/C=C\C/C=C\CC. The summed E-state index contributed by atoms with van der Waals surface area (Å²) in [6, 6.07) is 0. The van der Waals surface area contributed by atoms with Crippen molar-refractivity contribution >= 4 is 17.9 Å². The minimum absolute atomic E-state index is 0.114. The summed E-state index contributed by atoms with van der Waals surface area (Å²) in [5.41, 5.74) is 0. The Bertz CT molecular complexity index is 1950. The second-order valence-electron chi connectivity index (χ2n) is 20.2. The molecule has 0 aliphatic carbocycles. The normalized spacial score (nSPS) is 13.5. The van der Waals surface area contributed by atoms with Gasteiger partial charge in [-0.05, 0) is 141 Å². The van der Waals surface area contributed by atoms with Crippen molar-refractivity contribution in [1.29, 1.82) is 0 Å². The molecule has 0 bridgehead atoms. The fraction of sp³-hybridized carbons (Fsp3) is 0.533. The summed E-state index contributed by atoms with van der Waals surface area (Å²) in [6.45, 7) is 6.28. The van der Waals surface area contributed by atoms with E-state index in [1.165, 1.54) is 25.7 Å². The van der Waals surface area contributed by atoms with Crippen LogP contribution in [0.1, 0.15) is 239 Å². The zero-order chi connectivity index (χ0) is 58.5. The second-order valence-corrected chi connectivity index (χ2v) is 20.2. The number of hydrogen-bond acceptors (Lipinski definition) is 6. The van der Waals surface area contributed by atoms with E-state index in [9.17, 15) is 14.4 Å². The van der Waals surface area contributed by atoms with Crippen LogP contribution in [-0.4, -0.2) is 37.2 Å². The van der Waals surface area contributed by atoms with Crippen LogP contribution < -0.4 is 0 Å². The summed E-state index contributed by atoms with van der Waals surface area (Å²) < 4.78 is 16.7. The highest BCUT2D eigenvalue weighted by Crippen LogP contribution is 2.13. The van der Waals surface area contributed by atoms with Crippen molar-refractivity contribution in [2.75, 3.05) is 13.2 Å². The molecule has 0 aromatic carbocycles. The highest BCUT2D eigenvalue weighted by atomic mass is 16.6. The number of hydrogen-bond donors (Lipinski definition) is 0. The van der Waals surface area contributed by atoms with E-state index in [0.717, 1.165) is 167 Å². The monoisotopic (exact) mass is 1110 g/mol. The Morgan fingerprint density at radius 2 is 0.494 bits per heavy atom. The van der Waals surface area contributed by atoms with Crippen LogP contribution in [0.15, 0.2) is 194 Å². The second kappa shape index (κ2) is 66.8. The summed E-state index contributed by atoms with van der Waals surface area (Å²) in [5.74, 6) is -1.01. The van der Waals surface area contributed by atoms with Gasteiger partial charge >= 0.3 is 17.9 Å². The first-order valence-corrected chi connectivity index (χ1v) is 31.9. The third kappa shape index (κ3) is 64.9. The maximum Gasteiger partial charge on any atom is 0.306 e. The Labute approximate surface area is 497 Å². The molecular formula is C75H114O6. The summed E-state index contributed by atoms with van der Waals surface area (Å²) in [5, 5.41) is 0. The molecule has 0 spiro atoms. The molecule has 0 N–H and O–H groups in total. The molecule has 0 aromatic heterocycles. The molecule has 0 aliphatic heterocycles. The summed E-state index contributed by atoms with van der Waals surface area (Å²) in [4.78, 5) is 38.1. The predicted octanol–water partition coefficient (Wildman–Crippen LogP) is 22.2. The lowest BCUT2D eigenvalue weighted by atomic mass is 10.1. The quantitative estimate of drug-likeness (QED) is 0.0261. The minimum atomic E-state index is -0.822. The first-order valence-electron chi connectivity index (χ1n) is 31.9. The van der Waals surface area contributed by atoms with E-state index < -0.39 is 6.10 Å². The molecule has 6 heteroatoms. The van der Waals surface area contributed by atoms with Crippen LogP contribution in [0.2, 0.25) is 0 Å². The lowest BCUT2D eigenvalue weighted by molar-refractivity contribution is -0.167. The third-order valence-electron chi connectivity index (χ3n) is 12.6. The first-order chi connectivity index (χ1) is 40.0. The van der Waals surface area contributed by atoms with Crippen molar-refractivity contribution in [3.63, 3.8) is 0 Å². The number of carbonyl (C=O) groups is 3. The number of unbranched alkanes of at least 4 members (excludes halogenated alkanes) is 12. The third-order valence-corrected chi connectivity index (χ3v) is 12.6. The van der Waals surface area contributed by atoms with Crippen LogP contribution in [0.3, 0.4) is 0 Å². The van der Waals surface area contributed by atoms with Crippen LogP contribution in [0.5, 0.6) is 0 Å². The van der Waals surface area contributed by atoms with Gasteiger partial charge in [-0.2, -0.15) is 0 Å². The molecule has 0 fully saturated rings. The molecule has 0 heterocycles. The van der Waals surface area contributed by atoms with Crippen molar-refractivity contribution in [3.8, 4) is 0 Å². The molecule has 1 atom stereocenters. The van der Waals surface area contributed by atoms with Gasteiger partial charge < -0.3 is 14.2 Å². The standard InChI is InChI=1S/C75H114O6/c1-4-7-10-13-16-18-20-22-24-26-28-30-32-34-36-37-39-40-42-44-46-48-50-52-54-56-59-62-65-68-74(77)80-71-72(70-79-73(76)67-64-61-58-15-12-9-6-3)81-75(78)69-66-63-60-57-55-53-51-49-47-45-43-41-38-35-33-31-29-27-25-23-21-19-17-14-11-8-5-2/h7-8,10-11,16-19,22-25,28-31,34-36,38-40,43-46,49-52,56,59,72H,4-6,9,12-15,20-21,26-27,32-33,37,41-42,47-48,53-55,57-58,60-71H2,1-3H3/b10-7-,11-8-,18-16-,19-17-,24-22-,25-23-,30-28-,31-29-,36-34-,38-35-,40-39-,45-43-,46-44-,51-49-,52-50-,59-56-. The van der Waals surface area contributed by atoms with Gasteiger partial charge in [-0.1, -0.05) is 273 Å². The molecule has 0 rings (SSSR count). The fourth-order valence-corrected chi connectivity index (χ4v) is 7.89. The van der Waals surface area contributed by atoms with Gasteiger partial charge in [0.15, 0.2) is 6.10 Å². The number of carbonyl (C=O) groups excluding carboxylic acids is 3. The molecule has 1 unspecified atom stereocenters. The van der Waals surface area contributed by atoms with Gasteiger partial charge in [0.05, 0.1) is 0 Å². The zero-order valence-electron chi connectivity index (χ0n) is 51.5. The Kier molecular flexibility index (Phi) is 62.0. The molecule has 6 nitrogen and oxygen atoms in total. The topological polar surface area (TPSA) is 78.9 Å². The molecule has 0 aromatic rings. The smallest absolute Gasteiger partial charge is 0.306 e. The lowest BCUT2D eigenvalue weighted by Gasteiger charge is -2.18. The molecule has 0 saturated carbocycles. The Balaban J connectivity index is 4.36. The number of allylic oxidation sites excluding steroid dienone is 32. The summed E-state index contributed by atoms with van der Waals surface area (Å²) >= 11 is 0. The predicted molar refractivity (Wildman–Crippen MR) is 352 cm³/mol. The van der Waals surface area contributed by atoms with Gasteiger partial charge in [0, 0.05) is 19.3 Å². The van der Waals surface area contributed by atoms with Crippen molar-refractivity contribution in [2.45, 2.75) is 245 Å². The molecule has 0 radical (unpaired) electrons. The van der Waals surface area contributed by atoms with Crippen LogP contribution in [0, 0.1) is 0 Å². The van der Waals surface area contributed by atoms with Crippen LogP contribution >= 0.6 is 0 Å². The number of ether oxygens (including phenoxy) is 3. The van der Waals surface area contributed by atoms with Crippen LogP contribution in [0.4, 0.5) is 0 Å². The van der Waals surface area contributed by atoms with Gasteiger partial charge in [-0.25, -0.2) is 0 Å². The highest BCUT2D eigenvalue weighted by Gasteiger charge is 2.19. The molecular weight excluding hydrogens is 997 g/mol. The van der Waals surface area contributed by atoms with Gasteiger partial charge in [0.1, 0.15) is 13.2 Å². The zero-order valence-corrected chi connectivity index (χ0v) is 51.5. The van der Waals surface area contributed by atoms with Gasteiger partial charge in [-0.15, -0.1) is 0 Å².